The maximum Gasteiger partial charge on any atom is 0.272 e. The molecule has 28 heavy (non-hydrogen) atoms. The lowest BCUT2D eigenvalue weighted by atomic mass is 10.1. The van der Waals surface area contributed by atoms with Crippen LogP contribution < -0.4 is 0 Å². The van der Waals surface area contributed by atoms with E-state index in [0.29, 0.717) is 18.8 Å². The number of carbonyl (C=O) groups excluding carboxylic acids is 1. The van der Waals surface area contributed by atoms with Crippen LogP contribution in [0, 0.1) is 0 Å². The highest BCUT2D eigenvalue weighted by Gasteiger charge is 2.19. The number of nitrogens with zero attached hydrogens (tertiary/aromatic N) is 2. The zero-order valence-corrected chi connectivity index (χ0v) is 15.5. The number of nitrogens with one attached hydrogen (secondary N) is 1. The van der Waals surface area contributed by atoms with Crippen molar-refractivity contribution in [2.24, 2.45) is 0 Å². The van der Waals surface area contributed by atoms with Gasteiger partial charge < -0.3 is 4.90 Å². The van der Waals surface area contributed by atoms with Crippen molar-refractivity contribution in [2.75, 3.05) is 0 Å². The third kappa shape index (κ3) is 4.18. The third-order valence-electron chi connectivity index (χ3n) is 4.60. The van der Waals surface area contributed by atoms with E-state index in [1.807, 2.05) is 102 Å². The summed E-state index contributed by atoms with van der Waals surface area (Å²) in [5.41, 5.74) is 4.42. The van der Waals surface area contributed by atoms with Crippen LogP contribution in [0.5, 0.6) is 0 Å². The Morgan fingerprint density at radius 1 is 0.750 bits per heavy atom. The lowest BCUT2D eigenvalue weighted by Gasteiger charge is -2.22. The highest BCUT2D eigenvalue weighted by Crippen LogP contribution is 2.19. The highest BCUT2D eigenvalue weighted by atomic mass is 16.2. The molecule has 4 aromatic rings. The number of benzene rings is 3. The maximum absolute atomic E-state index is 13.3. The van der Waals surface area contributed by atoms with Gasteiger partial charge in [0.2, 0.25) is 0 Å². The number of hydrogen-bond acceptors (Lipinski definition) is 2. The molecule has 3 aromatic carbocycles. The molecule has 0 atom stereocenters. The van der Waals surface area contributed by atoms with Gasteiger partial charge in [-0.15, -0.1) is 0 Å². The van der Waals surface area contributed by atoms with Crippen molar-refractivity contribution in [3.8, 4) is 11.3 Å². The molecule has 0 aliphatic carbocycles. The molecule has 0 saturated carbocycles. The van der Waals surface area contributed by atoms with Gasteiger partial charge in [0.1, 0.15) is 5.69 Å². The van der Waals surface area contributed by atoms with E-state index in [9.17, 15) is 4.79 Å². The van der Waals surface area contributed by atoms with Crippen molar-refractivity contribution in [3.63, 3.8) is 0 Å². The van der Waals surface area contributed by atoms with Gasteiger partial charge in [0.15, 0.2) is 0 Å². The number of aromatic nitrogens is 2. The first-order valence-corrected chi connectivity index (χ1v) is 9.27. The number of carbonyl (C=O) groups is 1. The van der Waals surface area contributed by atoms with Gasteiger partial charge in [0, 0.05) is 18.7 Å². The summed E-state index contributed by atoms with van der Waals surface area (Å²) in [6, 6.07) is 31.7. The van der Waals surface area contributed by atoms with Gasteiger partial charge in [-0.2, -0.15) is 5.10 Å². The molecule has 1 aromatic heterocycles. The van der Waals surface area contributed by atoms with Gasteiger partial charge in [0.05, 0.1) is 5.69 Å². The average Bonchev–Trinajstić information content (AvgIpc) is 3.25. The minimum atomic E-state index is -0.0672. The standard InChI is InChI=1S/C24H21N3O/c28-24(23-16-22(25-26-23)21-14-8-3-9-15-21)27(17-19-10-4-1-5-11-19)18-20-12-6-2-7-13-20/h1-16H,17-18H2,(H,25,26). The second kappa shape index (κ2) is 8.35. The number of H-pyrrole nitrogens is 1. The molecule has 1 N–H and O–H groups in total. The number of amides is 1. The van der Waals surface area contributed by atoms with E-state index >= 15 is 0 Å². The Bertz CT molecular complexity index is 986. The lowest BCUT2D eigenvalue weighted by Crippen LogP contribution is -2.30. The fourth-order valence-electron chi connectivity index (χ4n) is 3.17. The van der Waals surface area contributed by atoms with Crippen molar-refractivity contribution in [2.45, 2.75) is 13.1 Å². The van der Waals surface area contributed by atoms with Crippen LogP contribution in [0.1, 0.15) is 21.6 Å². The van der Waals surface area contributed by atoms with Gasteiger partial charge in [-0.1, -0.05) is 91.0 Å². The first-order chi connectivity index (χ1) is 13.8. The molecule has 0 spiro atoms. The van der Waals surface area contributed by atoms with E-state index in [1.165, 1.54) is 0 Å². The second-order valence-electron chi connectivity index (χ2n) is 6.67. The molecule has 138 valence electrons. The van der Waals surface area contributed by atoms with Crippen LogP contribution in [0.15, 0.2) is 97.1 Å². The van der Waals surface area contributed by atoms with Crippen molar-refractivity contribution in [3.05, 3.63) is 114 Å². The van der Waals surface area contributed by atoms with Crippen LogP contribution >= 0.6 is 0 Å². The van der Waals surface area contributed by atoms with Gasteiger partial charge in [-0.05, 0) is 17.2 Å². The molecule has 0 fully saturated rings. The van der Waals surface area contributed by atoms with Gasteiger partial charge in [0.25, 0.3) is 5.91 Å². The molecule has 4 heteroatoms. The molecule has 4 nitrogen and oxygen atoms in total. The smallest absolute Gasteiger partial charge is 0.272 e. The van der Waals surface area contributed by atoms with Crippen LogP contribution in [0.2, 0.25) is 0 Å². The average molecular weight is 367 g/mol. The van der Waals surface area contributed by atoms with Gasteiger partial charge >= 0.3 is 0 Å². The number of hydrogen-bond donors (Lipinski definition) is 1. The zero-order chi connectivity index (χ0) is 19.2. The summed E-state index contributed by atoms with van der Waals surface area (Å²) in [6.45, 7) is 1.07. The van der Waals surface area contributed by atoms with E-state index in [-0.39, 0.29) is 5.91 Å². The fraction of sp³-hybridized carbons (Fsp3) is 0.0833. The van der Waals surface area contributed by atoms with Crippen molar-refractivity contribution in [1.82, 2.24) is 15.1 Å². The van der Waals surface area contributed by atoms with Crippen molar-refractivity contribution >= 4 is 5.91 Å². The first-order valence-electron chi connectivity index (χ1n) is 9.27. The summed E-state index contributed by atoms with van der Waals surface area (Å²) in [6.07, 6.45) is 0. The monoisotopic (exact) mass is 367 g/mol. The normalized spacial score (nSPS) is 10.6. The Hall–Kier alpha value is -3.66. The Morgan fingerprint density at radius 2 is 1.25 bits per heavy atom. The number of rotatable bonds is 6. The third-order valence-corrected chi connectivity index (χ3v) is 4.60. The summed E-state index contributed by atoms with van der Waals surface area (Å²) in [5, 5.41) is 7.25. The first kappa shape index (κ1) is 17.7. The Kier molecular flexibility index (Phi) is 5.29. The second-order valence-corrected chi connectivity index (χ2v) is 6.67. The molecule has 1 amide bonds. The molecule has 0 aliphatic heterocycles. The van der Waals surface area contributed by atoms with Crippen molar-refractivity contribution in [1.29, 1.82) is 0 Å². The molecule has 1 heterocycles. The van der Waals surface area contributed by atoms with Crippen LogP contribution in [-0.2, 0) is 13.1 Å². The molecule has 4 rings (SSSR count). The predicted octanol–water partition coefficient (Wildman–Crippen LogP) is 4.92. The highest BCUT2D eigenvalue weighted by molar-refractivity contribution is 5.93. The molecule has 0 saturated heterocycles. The molecule has 0 bridgehead atoms. The largest absolute Gasteiger partial charge is 0.329 e. The SMILES string of the molecule is O=C(c1cc(-c2ccccc2)n[nH]1)N(Cc1ccccc1)Cc1ccccc1. The summed E-state index contributed by atoms with van der Waals surface area (Å²) < 4.78 is 0. The fourth-order valence-corrected chi connectivity index (χ4v) is 3.17. The van der Waals surface area contributed by atoms with Crippen LogP contribution in [0.3, 0.4) is 0 Å². The molecule has 0 radical (unpaired) electrons. The maximum atomic E-state index is 13.3. The van der Waals surface area contributed by atoms with Gasteiger partial charge in [-0.25, -0.2) is 0 Å². The minimum Gasteiger partial charge on any atom is -0.329 e. The number of aromatic amines is 1. The zero-order valence-electron chi connectivity index (χ0n) is 15.5. The van der Waals surface area contributed by atoms with E-state index < -0.39 is 0 Å². The van der Waals surface area contributed by atoms with E-state index in [1.54, 1.807) is 0 Å². The molecule has 0 aliphatic rings. The van der Waals surface area contributed by atoms with E-state index in [4.69, 9.17) is 0 Å². The Labute approximate surface area is 164 Å². The Balaban J connectivity index is 1.60. The topological polar surface area (TPSA) is 49.0 Å². The summed E-state index contributed by atoms with van der Waals surface area (Å²) >= 11 is 0. The van der Waals surface area contributed by atoms with Gasteiger partial charge in [-0.3, -0.25) is 9.89 Å². The summed E-state index contributed by atoms with van der Waals surface area (Å²) in [5.74, 6) is -0.0672. The molecular formula is C24H21N3O. The van der Waals surface area contributed by atoms with E-state index in [0.717, 1.165) is 22.4 Å². The van der Waals surface area contributed by atoms with Crippen LogP contribution in [-0.4, -0.2) is 21.0 Å². The molecular weight excluding hydrogens is 346 g/mol. The summed E-state index contributed by atoms with van der Waals surface area (Å²) in [7, 11) is 0. The van der Waals surface area contributed by atoms with E-state index in [2.05, 4.69) is 10.2 Å². The minimum absolute atomic E-state index is 0.0672. The van der Waals surface area contributed by atoms with Crippen molar-refractivity contribution < 1.29 is 4.79 Å². The lowest BCUT2D eigenvalue weighted by molar-refractivity contribution is 0.0724. The Morgan fingerprint density at radius 3 is 1.79 bits per heavy atom. The van der Waals surface area contributed by atoms with Crippen LogP contribution in [0.25, 0.3) is 11.3 Å². The predicted molar refractivity (Wildman–Crippen MR) is 110 cm³/mol. The quantitative estimate of drug-likeness (QED) is 0.526. The van der Waals surface area contributed by atoms with Crippen LogP contribution in [0.4, 0.5) is 0 Å². The summed E-state index contributed by atoms with van der Waals surface area (Å²) in [4.78, 5) is 15.1. The molecule has 0 unspecified atom stereocenters.